The average molecular weight is 282 g/mol. The van der Waals surface area contributed by atoms with E-state index in [1.54, 1.807) is 6.20 Å². The third-order valence-corrected chi connectivity index (χ3v) is 3.75. The minimum absolute atomic E-state index is 0.00564. The molecule has 0 amide bonds. The van der Waals surface area contributed by atoms with Crippen LogP contribution in [-0.4, -0.2) is 31.8 Å². The van der Waals surface area contributed by atoms with Crippen LogP contribution in [-0.2, 0) is 7.05 Å². The predicted octanol–water partition coefficient (Wildman–Crippen LogP) is 1.62. The van der Waals surface area contributed by atoms with Crippen molar-refractivity contribution >= 4 is 0 Å². The van der Waals surface area contributed by atoms with Gasteiger partial charge in [-0.1, -0.05) is 23.4 Å². The van der Waals surface area contributed by atoms with Gasteiger partial charge in [-0.25, -0.2) is 4.68 Å². The topological polar surface area (TPSA) is 60.6 Å². The highest BCUT2D eigenvalue weighted by Gasteiger charge is 2.22. The molecule has 0 bridgehead atoms. The number of aromatic nitrogens is 5. The Hall–Kier alpha value is -2.47. The maximum atomic E-state index is 4.32. The molecule has 3 rings (SSSR count). The molecule has 0 aliphatic heterocycles. The van der Waals surface area contributed by atoms with Gasteiger partial charge in [-0.2, -0.15) is 5.10 Å². The number of aryl methyl sites for hydroxylation is 1. The van der Waals surface area contributed by atoms with Crippen LogP contribution in [0.2, 0.25) is 0 Å². The van der Waals surface area contributed by atoms with E-state index in [4.69, 9.17) is 0 Å². The molecular weight excluding hydrogens is 264 g/mol. The predicted molar refractivity (Wildman–Crippen MR) is 80.2 cm³/mol. The van der Waals surface area contributed by atoms with Gasteiger partial charge >= 0.3 is 0 Å². The Morgan fingerprint density at radius 2 is 1.90 bits per heavy atom. The molecule has 0 aliphatic rings. The lowest BCUT2D eigenvalue weighted by Crippen LogP contribution is -2.21. The summed E-state index contributed by atoms with van der Waals surface area (Å²) in [6.45, 7) is 2.06. The Morgan fingerprint density at radius 3 is 2.52 bits per heavy atom. The highest BCUT2D eigenvalue weighted by Crippen LogP contribution is 2.25. The highest BCUT2D eigenvalue weighted by atomic mass is 15.4. The van der Waals surface area contributed by atoms with E-state index in [-0.39, 0.29) is 6.04 Å². The van der Waals surface area contributed by atoms with Gasteiger partial charge in [0.25, 0.3) is 0 Å². The Balaban J connectivity index is 2.07. The molecule has 0 radical (unpaired) electrons. The average Bonchev–Trinajstić information content (AvgIpc) is 3.11. The number of nitrogens with one attached hydrogen (secondary N) is 1. The first-order valence-corrected chi connectivity index (χ1v) is 6.84. The molecule has 0 spiro atoms. The van der Waals surface area contributed by atoms with E-state index in [9.17, 15) is 0 Å². The second-order valence-corrected chi connectivity index (χ2v) is 4.94. The maximum Gasteiger partial charge on any atom is 0.0861 e. The summed E-state index contributed by atoms with van der Waals surface area (Å²) in [6, 6.07) is 9.99. The maximum absolute atomic E-state index is 4.32. The second kappa shape index (κ2) is 5.49. The summed E-state index contributed by atoms with van der Waals surface area (Å²) in [5.74, 6) is 0. The van der Waals surface area contributed by atoms with Crippen molar-refractivity contribution in [2.75, 3.05) is 7.05 Å². The van der Waals surface area contributed by atoms with Crippen molar-refractivity contribution < 1.29 is 0 Å². The minimum Gasteiger partial charge on any atom is -0.308 e. The summed E-state index contributed by atoms with van der Waals surface area (Å²) in [7, 11) is 3.87. The molecule has 2 heterocycles. The summed E-state index contributed by atoms with van der Waals surface area (Å²) in [4.78, 5) is 0. The summed E-state index contributed by atoms with van der Waals surface area (Å²) in [5, 5.41) is 15.9. The number of hydrogen-bond acceptors (Lipinski definition) is 4. The van der Waals surface area contributed by atoms with E-state index in [1.807, 2.05) is 60.0 Å². The van der Waals surface area contributed by atoms with E-state index < -0.39 is 0 Å². The van der Waals surface area contributed by atoms with Gasteiger partial charge in [0.05, 0.1) is 29.8 Å². The quantitative estimate of drug-likeness (QED) is 0.790. The first-order valence-electron chi connectivity index (χ1n) is 6.84. The van der Waals surface area contributed by atoms with Gasteiger partial charge < -0.3 is 5.32 Å². The molecule has 6 heteroatoms. The molecule has 0 saturated carbocycles. The third kappa shape index (κ3) is 2.34. The zero-order valence-corrected chi connectivity index (χ0v) is 12.4. The molecule has 1 N–H and O–H groups in total. The lowest BCUT2D eigenvalue weighted by molar-refractivity contribution is 0.628. The Labute approximate surface area is 123 Å². The van der Waals surface area contributed by atoms with Crippen LogP contribution < -0.4 is 5.32 Å². The summed E-state index contributed by atoms with van der Waals surface area (Å²) < 4.78 is 3.73. The number of para-hydroxylation sites is 1. The molecule has 0 saturated heterocycles. The molecule has 2 aromatic heterocycles. The van der Waals surface area contributed by atoms with Crippen molar-refractivity contribution in [2.24, 2.45) is 7.05 Å². The molecule has 21 heavy (non-hydrogen) atoms. The lowest BCUT2D eigenvalue weighted by atomic mass is 10.1. The summed E-state index contributed by atoms with van der Waals surface area (Å²) in [5.41, 5.74) is 4.22. The molecular formula is C15H18N6. The smallest absolute Gasteiger partial charge is 0.0861 e. The van der Waals surface area contributed by atoms with Gasteiger partial charge in [-0.15, -0.1) is 5.10 Å². The normalized spacial score (nSPS) is 12.5. The van der Waals surface area contributed by atoms with E-state index in [0.717, 1.165) is 22.6 Å². The third-order valence-electron chi connectivity index (χ3n) is 3.75. The lowest BCUT2D eigenvalue weighted by Gasteiger charge is -2.17. The van der Waals surface area contributed by atoms with Gasteiger partial charge in [-0.05, 0) is 26.1 Å². The number of nitrogens with zero attached hydrogens (tertiary/aromatic N) is 5. The van der Waals surface area contributed by atoms with E-state index in [0.29, 0.717) is 0 Å². The molecule has 6 nitrogen and oxygen atoms in total. The van der Waals surface area contributed by atoms with Crippen LogP contribution in [0.15, 0.2) is 42.7 Å². The number of benzene rings is 1. The first-order chi connectivity index (χ1) is 10.2. The standard InChI is InChI=1S/C15H18N6/c1-11-13(9-18-20(11)3)15(16-2)14-10-17-19-21(14)12-7-5-4-6-8-12/h4-10,15-16H,1-3H3. The Bertz CT molecular complexity index is 728. The molecule has 1 atom stereocenters. The number of rotatable bonds is 4. The fourth-order valence-electron chi connectivity index (χ4n) is 2.47. The van der Waals surface area contributed by atoms with Gasteiger partial charge in [0.1, 0.15) is 0 Å². The van der Waals surface area contributed by atoms with Gasteiger partial charge in [0.15, 0.2) is 0 Å². The molecule has 0 fully saturated rings. The highest BCUT2D eigenvalue weighted by molar-refractivity contribution is 5.36. The van der Waals surface area contributed by atoms with Crippen LogP contribution in [0.1, 0.15) is 23.0 Å². The minimum atomic E-state index is -0.00564. The Kier molecular flexibility index (Phi) is 3.53. The Morgan fingerprint density at radius 1 is 1.14 bits per heavy atom. The van der Waals surface area contributed by atoms with Crippen LogP contribution in [0.3, 0.4) is 0 Å². The van der Waals surface area contributed by atoms with E-state index in [1.165, 1.54) is 0 Å². The van der Waals surface area contributed by atoms with Gasteiger partial charge in [0, 0.05) is 18.3 Å². The van der Waals surface area contributed by atoms with E-state index in [2.05, 4.69) is 27.7 Å². The second-order valence-electron chi connectivity index (χ2n) is 4.94. The summed E-state index contributed by atoms with van der Waals surface area (Å²) >= 11 is 0. The molecule has 1 aromatic carbocycles. The van der Waals surface area contributed by atoms with Gasteiger partial charge in [-0.3, -0.25) is 4.68 Å². The zero-order valence-electron chi connectivity index (χ0n) is 12.4. The summed E-state index contributed by atoms with van der Waals surface area (Å²) in [6.07, 6.45) is 3.68. The van der Waals surface area contributed by atoms with Crippen molar-refractivity contribution in [2.45, 2.75) is 13.0 Å². The van der Waals surface area contributed by atoms with Crippen molar-refractivity contribution in [3.63, 3.8) is 0 Å². The number of hydrogen-bond donors (Lipinski definition) is 1. The fraction of sp³-hybridized carbons (Fsp3) is 0.267. The van der Waals surface area contributed by atoms with E-state index >= 15 is 0 Å². The van der Waals surface area contributed by atoms with Crippen LogP contribution in [0.4, 0.5) is 0 Å². The molecule has 1 unspecified atom stereocenters. The monoisotopic (exact) mass is 282 g/mol. The molecule has 3 aromatic rings. The fourth-order valence-corrected chi connectivity index (χ4v) is 2.47. The molecule has 108 valence electrons. The van der Waals surface area contributed by atoms with Gasteiger partial charge in [0.2, 0.25) is 0 Å². The van der Waals surface area contributed by atoms with Crippen molar-refractivity contribution in [1.82, 2.24) is 30.1 Å². The zero-order chi connectivity index (χ0) is 14.8. The SMILES string of the molecule is CNC(c1cnn(C)c1C)c1cnnn1-c1ccccc1. The van der Waals surface area contributed by atoms with Crippen molar-refractivity contribution in [3.8, 4) is 5.69 Å². The largest absolute Gasteiger partial charge is 0.308 e. The van der Waals surface area contributed by atoms with Crippen molar-refractivity contribution in [3.05, 3.63) is 59.7 Å². The van der Waals surface area contributed by atoms with Crippen molar-refractivity contribution in [1.29, 1.82) is 0 Å². The van der Waals surface area contributed by atoms with Crippen LogP contribution in [0.5, 0.6) is 0 Å². The van der Waals surface area contributed by atoms with Crippen LogP contribution in [0.25, 0.3) is 5.69 Å². The molecule has 0 aliphatic carbocycles. The van der Waals surface area contributed by atoms with Crippen LogP contribution >= 0.6 is 0 Å². The first kappa shape index (κ1) is 13.5. The van der Waals surface area contributed by atoms with Crippen LogP contribution in [0, 0.1) is 6.92 Å².